The van der Waals surface area contributed by atoms with Crippen molar-refractivity contribution in [2.24, 2.45) is 23.0 Å². The molecular weight excluding hydrogens is 250 g/mol. The van der Waals surface area contributed by atoms with Gasteiger partial charge in [0.2, 0.25) is 0 Å². The Kier molecular flexibility index (Phi) is 7.01. The van der Waals surface area contributed by atoms with Crippen LogP contribution in [0.15, 0.2) is 0 Å². The highest BCUT2D eigenvalue weighted by atomic mass is 16.5. The van der Waals surface area contributed by atoms with Gasteiger partial charge in [0.25, 0.3) is 0 Å². The molecule has 3 nitrogen and oxygen atoms in total. The lowest BCUT2D eigenvalue weighted by Gasteiger charge is -2.31. The maximum atomic E-state index is 12.0. The molecule has 0 aromatic heterocycles. The summed E-state index contributed by atoms with van der Waals surface area (Å²) in [6.07, 6.45) is 7.26. The molecule has 1 fully saturated rings. The molecule has 3 atom stereocenters. The smallest absolute Gasteiger partial charge is 0.306 e. The molecule has 0 spiro atoms. The largest absolute Gasteiger partial charge is 0.462 e. The molecule has 1 aliphatic rings. The van der Waals surface area contributed by atoms with Gasteiger partial charge in [0, 0.05) is 6.42 Å². The third kappa shape index (κ3) is 5.82. The number of hydrogen-bond acceptors (Lipinski definition) is 3. The SMILES string of the molecule is CC1CCCCC1OC(=O)CCC(CCN)C(C)(C)C. The molecule has 0 radical (unpaired) electrons. The number of carbonyl (C=O) groups excluding carboxylic acids is 1. The van der Waals surface area contributed by atoms with Gasteiger partial charge in [-0.25, -0.2) is 0 Å². The first-order valence-electron chi connectivity index (χ1n) is 8.24. The van der Waals surface area contributed by atoms with Crippen molar-refractivity contribution >= 4 is 5.97 Å². The standard InChI is InChI=1S/C17H33NO2/c1-13-7-5-6-8-15(13)20-16(19)10-9-14(11-12-18)17(2,3)4/h13-15H,5-12,18H2,1-4H3. The predicted octanol–water partition coefficient (Wildman–Crippen LogP) is 3.90. The van der Waals surface area contributed by atoms with E-state index in [1.54, 1.807) is 0 Å². The van der Waals surface area contributed by atoms with Crippen LogP contribution in [0.3, 0.4) is 0 Å². The molecule has 20 heavy (non-hydrogen) atoms. The molecule has 118 valence electrons. The van der Waals surface area contributed by atoms with Crippen LogP contribution in [0.2, 0.25) is 0 Å². The normalized spacial score (nSPS) is 25.2. The van der Waals surface area contributed by atoms with E-state index >= 15 is 0 Å². The summed E-state index contributed by atoms with van der Waals surface area (Å²) in [4.78, 5) is 12.0. The highest BCUT2D eigenvalue weighted by molar-refractivity contribution is 5.69. The fraction of sp³-hybridized carbons (Fsp3) is 0.941. The number of esters is 1. The van der Waals surface area contributed by atoms with Gasteiger partial charge in [-0.2, -0.15) is 0 Å². The van der Waals surface area contributed by atoms with Gasteiger partial charge in [-0.05, 0) is 55.9 Å². The fourth-order valence-electron chi connectivity index (χ4n) is 3.19. The summed E-state index contributed by atoms with van der Waals surface area (Å²) in [5.41, 5.74) is 5.89. The minimum Gasteiger partial charge on any atom is -0.462 e. The second-order valence-electron chi connectivity index (χ2n) is 7.47. The summed E-state index contributed by atoms with van der Waals surface area (Å²) in [5, 5.41) is 0. The third-order valence-electron chi connectivity index (χ3n) is 4.75. The van der Waals surface area contributed by atoms with E-state index < -0.39 is 0 Å². The number of rotatable bonds is 6. The van der Waals surface area contributed by atoms with Crippen molar-refractivity contribution in [1.82, 2.24) is 0 Å². The highest BCUT2D eigenvalue weighted by Crippen LogP contribution is 2.32. The first-order chi connectivity index (χ1) is 9.34. The van der Waals surface area contributed by atoms with E-state index in [4.69, 9.17) is 10.5 Å². The summed E-state index contributed by atoms with van der Waals surface area (Å²) in [6.45, 7) is 9.56. The predicted molar refractivity (Wildman–Crippen MR) is 83.4 cm³/mol. The van der Waals surface area contributed by atoms with Crippen LogP contribution < -0.4 is 5.73 Å². The maximum absolute atomic E-state index is 12.0. The molecule has 0 aliphatic heterocycles. The quantitative estimate of drug-likeness (QED) is 0.752. The van der Waals surface area contributed by atoms with Crippen LogP contribution in [-0.2, 0) is 9.53 Å². The molecule has 0 bridgehead atoms. The Balaban J connectivity index is 2.37. The zero-order valence-electron chi connectivity index (χ0n) is 13.8. The molecule has 0 amide bonds. The molecule has 3 heteroatoms. The summed E-state index contributed by atoms with van der Waals surface area (Å²) in [7, 11) is 0. The first-order valence-corrected chi connectivity index (χ1v) is 8.24. The molecule has 0 aromatic carbocycles. The van der Waals surface area contributed by atoms with Gasteiger partial charge in [0.15, 0.2) is 0 Å². The van der Waals surface area contributed by atoms with Gasteiger partial charge in [-0.1, -0.05) is 34.1 Å². The average Bonchev–Trinajstić information content (AvgIpc) is 2.36. The highest BCUT2D eigenvalue weighted by Gasteiger charge is 2.27. The molecule has 0 heterocycles. The Morgan fingerprint density at radius 3 is 2.45 bits per heavy atom. The Morgan fingerprint density at radius 2 is 1.90 bits per heavy atom. The number of hydrogen-bond donors (Lipinski definition) is 1. The molecule has 2 N–H and O–H groups in total. The second kappa shape index (κ2) is 8.02. The van der Waals surface area contributed by atoms with E-state index in [1.807, 2.05) is 0 Å². The fourth-order valence-corrected chi connectivity index (χ4v) is 3.19. The average molecular weight is 283 g/mol. The van der Waals surface area contributed by atoms with Gasteiger partial charge in [-0.15, -0.1) is 0 Å². The Labute approximate surface area is 124 Å². The van der Waals surface area contributed by atoms with E-state index in [9.17, 15) is 4.79 Å². The van der Waals surface area contributed by atoms with Crippen molar-refractivity contribution in [3.63, 3.8) is 0 Å². The summed E-state index contributed by atoms with van der Waals surface area (Å²) < 4.78 is 5.67. The van der Waals surface area contributed by atoms with Crippen LogP contribution in [0.5, 0.6) is 0 Å². The van der Waals surface area contributed by atoms with Gasteiger partial charge < -0.3 is 10.5 Å². The molecule has 1 rings (SSSR count). The van der Waals surface area contributed by atoms with Crippen molar-refractivity contribution in [3.8, 4) is 0 Å². The van der Waals surface area contributed by atoms with Gasteiger partial charge in [0.1, 0.15) is 6.10 Å². The van der Waals surface area contributed by atoms with Gasteiger partial charge in [0.05, 0.1) is 0 Å². The van der Waals surface area contributed by atoms with Crippen LogP contribution in [-0.4, -0.2) is 18.6 Å². The van der Waals surface area contributed by atoms with E-state index in [1.165, 1.54) is 19.3 Å². The molecule has 1 saturated carbocycles. The number of carbonyl (C=O) groups is 1. The van der Waals surface area contributed by atoms with Crippen LogP contribution in [0.25, 0.3) is 0 Å². The number of ether oxygens (including phenoxy) is 1. The Hall–Kier alpha value is -0.570. The zero-order chi connectivity index (χ0) is 15.2. The lowest BCUT2D eigenvalue weighted by molar-refractivity contribution is -0.153. The lowest BCUT2D eigenvalue weighted by atomic mass is 9.76. The van der Waals surface area contributed by atoms with Gasteiger partial charge >= 0.3 is 5.97 Å². The maximum Gasteiger partial charge on any atom is 0.306 e. The first kappa shape index (κ1) is 17.5. The minimum absolute atomic E-state index is 0.0185. The summed E-state index contributed by atoms with van der Waals surface area (Å²) in [5.74, 6) is 0.994. The molecule has 3 unspecified atom stereocenters. The second-order valence-corrected chi connectivity index (χ2v) is 7.47. The van der Waals surface area contributed by atoms with Crippen molar-refractivity contribution < 1.29 is 9.53 Å². The monoisotopic (exact) mass is 283 g/mol. The van der Waals surface area contributed by atoms with E-state index in [0.717, 1.165) is 19.3 Å². The Bertz CT molecular complexity index is 296. The lowest BCUT2D eigenvalue weighted by Crippen LogP contribution is -2.29. The van der Waals surface area contributed by atoms with E-state index in [2.05, 4.69) is 27.7 Å². The molecule has 0 saturated heterocycles. The van der Waals surface area contributed by atoms with Crippen LogP contribution in [0.1, 0.15) is 72.6 Å². The molecular formula is C17H33NO2. The summed E-state index contributed by atoms with van der Waals surface area (Å²) >= 11 is 0. The third-order valence-corrected chi connectivity index (χ3v) is 4.75. The van der Waals surface area contributed by atoms with Crippen molar-refractivity contribution in [1.29, 1.82) is 0 Å². The van der Waals surface area contributed by atoms with Crippen LogP contribution in [0, 0.1) is 17.3 Å². The van der Waals surface area contributed by atoms with Crippen molar-refractivity contribution in [2.75, 3.05) is 6.54 Å². The van der Waals surface area contributed by atoms with E-state index in [-0.39, 0.29) is 17.5 Å². The van der Waals surface area contributed by atoms with E-state index in [0.29, 0.717) is 24.8 Å². The zero-order valence-corrected chi connectivity index (χ0v) is 13.8. The topological polar surface area (TPSA) is 52.3 Å². The van der Waals surface area contributed by atoms with Gasteiger partial charge in [-0.3, -0.25) is 4.79 Å². The van der Waals surface area contributed by atoms with Crippen molar-refractivity contribution in [2.45, 2.75) is 78.7 Å². The van der Waals surface area contributed by atoms with Crippen LogP contribution in [0.4, 0.5) is 0 Å². The Morgan fingerprint density at radius 1 is 1.25 bits per heavy atom. The molecule has 1 aliphatic carbocycles. The minimum atomic E-state index is -0.0185. The summed E-state index contributed by atoms with van der Waals surface area (Å²) in [6, 6.07) is 0. The van der Waals surface area contributed by atoms with Crippen LogP contribution >= 0.6 is 0 Å². The number of nitrogens with two attached hydrogens (primary N) is 1. The molecule has 0 aromatic rings. The van der Waals surface area contributed by atoms with Crippen molar-refractivity contribution in [3.05, 3.63) is 0 Å².